The fraction of sp³-hybridized carbons (Fsp3) is 0.143. The molecule has 61 valence electrons. The molecule has 2 heterocycles. The highest BCUT2D eigenvalue weighted by Gasteiger charge is 2.07. The summed E-state index contributed by atoms with van der Waals surface area (Å²) in [5.74, 6) is 1.28. The maximum Gasteiger partial charge on any atom is 0.241 e. The van der Waals surface area contributed by atoms with E-state index < -0.39 is 0 Å². The second kappa shape index (κ2) is 3.25. The molecule has 0 amide bonds. The van der Waals surface area contributed by atoms with Crippen LogP contribution in [-0.4, -0.2) is 10.1 Å². The number of alkyl halides is 1. The highest BCUT2D eigenvalue weighted by molar-refractivity contribution is 7.13. The minimum absolute atomic E-state index is 0.252. The summed E-state index contributed by atoms with van der Waals surface area (Å²) in [7, 11) is 0. The summed E-state index contributed by atoms with van der Waals surface area (Å²) in [6, 6.07) is 3.70. The monoisotopic (exact) mass is 199 g/mol. The zero-order valence-electron chi connectivity index (χ0n) is 5.95. The van der Waals surface area contributed by atoms with E-state index >= 15 is 0 Å². The molecule has 2 aromatic rings. The molecule has 0 fully saturated rings. The Morgan fingerprint density at radius 2 is 2.58 bits per heavy atom. The highest BCUT2D eigenvalue weighted by Crippen LogP contribution is 2.20. The molecule has 2 aromatic heterocycles. The number of rotatable bonds is 2. The third kappa shape index (κ3) is 1.35. The summed E-state index contributed by atoms with van der Waals surface area (Å²) in [4.78, 5) is 4.99. The van der Waals surface area contributed by atoms with Gasteiger partial charge >= 0.3 is 0 Å². The SMILES string of the molecule is ClCc1nc(-c2cc[c]s2)no1. The van der Waals surface area contributed by atoms with Crippen molar-refractivity contribution in [2.24, 2.45) is 0 Å². The Bertz CT molecular complexity index is 357. The van der Waals surface area contributed by atoms with Crippen LogP contribution in [0.1, 0.15) is 5.89 Å². The molecule has 12 heavy (non-hydrogen) atoms. The van der Waals surface area contributed by atoms with E-state index in [2.05, 4.69) is 15.5 Å². The molecule has 0 saturated carbocycles. The van der Waals surface area contributed by atoms with Crippen molar-refractivity contribution in [3.63, 3.8) is 0 Å². The third-order valence-corrected chi connectivity index (χ3v) is 2.30. The van der Waals surface area contributed by atoms with Crippen molar-refractivity contribution < 1.29 is 4.52 Å². The Kier molecular flexibility index (Phi) is 2.10. The van der Waals surface area contributed by atoms with Gasteiger partial charge in [-0.2, -0.15) is 4.98 Å². The van der Waals surface area contributed by atoms with Gasteiger partial charge in [0.15, 0.2) is 0 Å². The molecule has 1 radical (unpaired) electrons. The normalized spacial score (nSPS) is 10.4. The van der Waals surface area contributed by atoms with Crippen LogP contribution < -0.4 is 0 Å². The topological polar surface area (TPSA) is 38.9 Å². The fourth-order valence-corrected chi connectivity index (χ4v) is 1.45. The molecular formula is C7H4ClN2OS. The van der Waals surface area contributed by atoms with E-state index in [1.54, 1.807) is 0 Å². The first-order valence-corrected chi connectivity index (χ1v) is 4.60. The van der Waals surface area contributed by atoms with Gasteiger partial charge in [-0.3, -0.25) is 0 Å². The van der Waals surface area contributed by atoms with Gasteiger partial charge in [0, 0.05) is 5.38 Å². The second-order valence-corrected chi connectivity index (χ2v) is 3.21. The first-order chi connectivity index (χ1) is 5.90. The number of hydrogen-bond acceptors (Lipinski definition) is 4. The van der Waals surface area contributed by atoms with E-state index in [0.29, 0.717) is 11.7 Å². The van der Waals surface area contributed by atoms with Crippen LogP contribution >= 0.6 is 22.9 Å². The lowest BCUT2D eigenvalue weighted by atomic mass is 10.4. The van der Waals surface area contributed by atoms with Crippen LogP contribution in [0.15, 0.2) is 16.7 Å². The fourth-order valence-electron chi connectivity index (χ4n) is 0.771. The van der Waals surface area contributed by atoms with Gasteiger partial charge in [0.2, 0.25) is 11.7 Å². The molecule has 0 aromatic carbocycles. The van der Waals surface area contributed by atoms with Gasteiger partial charge in [-0.15, -0.1) is 22.9 Å². The molecular weight excluding hydrogens is 196 g/mol. The predicted octanol–water partition coefficient (Wildman–Crippen LogP) is 2.34. The van der Waals surface area contributed by atoms with Crippen molar-refractivity contribution in [3.8, 4) is 10.7 Å². The van der Waals surface area contributed by atoms with Crippen LogP contribution in [0, 0.1) is 5.38 Å². The van der Waals surface area contributed by atoms with E-state index in [-0.39, 0.29) is 5.88 Å². The molecule has 5 heteroatoms. The molecule has 0 N–H and O–H groups in total. The Balaban J connectivity index is 2.35. The van der Waals surface area contributed by atoms with E-state index in [1.165, 1.54) is 11.3 Å². The van der Waals surface area contributed by atoms with Gasteiger partial charge in [-0.25, -0.2) is 0 Å². The van der Waals surface area contributed by atoms with Gasteiger partial charge in [0.05, 0.1) is 4.88 Å². The van der Waals surface area contributed by atoms with E-state index in [4.69, 9.17) is 16.1 Å². The molecule has 0 aliphatic heterocycles. The van der Waals surface area contributed by atoms with Crippen molar-refractivity contribution in [1.82, 2.24) is 10.1 Å². The average Bonchev–Trinajstić information content (AvgIpc) is 2.75. The predicted molar refractivity (Wildman–Crippen MR) is 46.0 cm³/mol. The summed E-state index contributed by atoms with van der Waals surface area (Å²) < 4.78 is 4.84. The first-order valence-electron chi connectivity index (χ1n) is 3.25. The summed E-state index contributed by atoms with van der Waals surface area (Å²) >= 11 is 6.95. The summed E-state index contributed by atoms with van der Waals surface area (Å²) in [6.07, 6.45) is 0. The molecule has 0 unspecified atom stereocenters. The van der Waals surface area contributed by atoms with Crippen molar-refractivity contribution in [2.75, 3.05) is 0 Å². The van der Waals surface area contributed by atoms with Crippen molar-refractivity contribution in [3.05, 3.63) is 23.4 Å². The summed E-state index contributed by atoms with van der Waals surface area (Å²) in [5.41, 5.74) is 0. The smallest absolute Gasteiger partial charge is 0.241 e. The lowest BCUT2D eigenvalue weighted by Gasteiger charge is -1.80. The maximum atomic E-state index is 5.50. The minimum Gasteiger partial charge on any atom is -0.338 e. The van der Waals surface area contributed by atoms with E-state index in [9.17, 15) is 0 Å². The van der Waals surface area contributed by atoms with Gasteiger partial charge in [-0.1, -0.05) is 5.16 Å². The zero-order chi connectivity index (χ0) is 8.39. The molecule has 0 saturated heterocycles. The molecule has 0 aliphatic rings. The van der Waals surface area contributed by atoms with Crippen LogP contribution in [0.4, 0.5) is 0 Å². The summed E-state index contributed by atoms with van der Waals surface area (Å²) in [5, 5.41) is 6.69. The quantitative estimate of drug-likeness (QED) is 0.697. The maximum absolute atomic E-state index is 5.50. The van der Waals surface area contributed by atoms with Gasteiger partial charge in [-0.05, 0) is 12.1 Å². The van der Waals surface area contributed by atoms with Crippen molar-refractivity contribution >= 4 is 22.9 Å². The Morgan fingerprint density at radius 1 is 1.67 bits per heavy atom. The van der Waals surface area contributed by atoms with Crippen molar-refractivity contribution in [2.45, 2.75) is 5.88 Å². The number of hydrogen-bond donors (Lipinski definition) is 0. The highest BCUT2D eigenvalue weighted by atomic mass is 35.5. The molecule has 0 bridgehead atoms. The van der Waals surface area contributed by atoms with Gasteiger partial charge in [0.25, 0.3) is 0 Å². The molecule has 0 atom stereocenters. The molecule has 3 nitrogen and oxygen atoms in total. The Labute approximate surface area is 78.0 Å². The van der Waals surface area contributed by atoms with E-state index in [0.717, 1.165) is 4.88 Å². The summed E-state index contributed by atoms with van der Waals surface area (Å²) in [6.45, 7) is 0. The molecule has 0 spiro atoms. The largest absolute Gasteiger partial charge is 0.338 e. The van der Waals surface area contributed by atoms with Crippen LogP contribution in [0.25, 0.3) is 10.7 Å². The Morgan fingerprint density at radius 3 is 3.17 bits per heavy atom. The molecule has 2 rings (SSSR count). The number of aromatic nitrogens is 2. The van der Waals surface area contributed by atoms with Gasteiger partial charge in [0.1, 0.15) is 5.88 Å². The van der Waals surface area contributed by atoms with Crippen LogP contribution in [-0.2, 0) is 5.88 Å². The number of halogens is 1. The first kappa shape index (κ1) is 7.76. The van der Waals surface area contributed by atoms with Crippen LogP contribution in [0.2, 0.25) is 0 Å². The molecule has 0 aliphatic carbocycles. The standard InChI is InChI=1S/C7H4ClN2OS/c8-4-6-9-7(10-11-6)5-2-1-3-12-5/h1-2H,4H2. The lowest BCUT2D eigenvalue weighted by Crippen LogP contribution is -1.76. The lowest BCUT2D eigenvalue weighted by molar-refractivity contribution is 0.391. The van der Waals surface area contributed by atoms with E-state index in [1.807, 2.05) is 12.1 Å². The average molecular weight is 200 g/mol. The second-order valence-electron chi connectivity index (χ2n) is 2.06. The number of nitrogens with zero attached hydrogens (tertiary/aromatic N) is 2. The Hall–Kier alpha value is -0.870. The van der Waals surface area contributed by atoms with Crippen molar-refractivity contribution in [1.29, 1.82) is 0 Å². The zero-order valence-corrected chi connectivity index (χ0v) is 7.52. The number of thiophene rings is 1. The third-order valence-electron chi connectivity index (χ3n) is 1.27. The van der Waals surface area contributed by atoms with Crippen LogP contribution in [0.3, 0.4) is 0 Å². The van der Waals surface area contributed by atoms with Crippen LogP contribution in [0.5, 0.6) is 0 Å². The minimum atomic E-state index is 0.252. The van der Waals surface area contributed by atoms with Gasteiger partial charge < -0.3 is 4.52 Å².